The first-order valence-corrected chi connectivity index (χ1v) is 8.93. The number of amides is 1. The van der Waals surface area contributed by atoms with Crippen molar-refractivity contribution < 1.29 is 9.53 Å². The third kappa shape index (κ3) is 4.07. The fraction of sp³-hybridized carbons (Fsp3) is 0.350. The number of ether oxygens (including phenoxy) is 1. The molecule has 1 amide bonds. The average Bonchev–Trinajstić information content (AvgIpc) is 2.58. The molecule has 3 rings (SSSR count). The van der Waals surface area contributed by atoms with E-state index in [1.807, 2.05) is 37.3 Å². The Morgan fingerprint density at radius 2 is 2.12 bits per heavy atom. The van der Waals surface area contributed by atoms with E-state index >= 15 is 0 Å². The van der Waals surface area contributed by atoms with Crippen LogP contribution in [0, 0.1) is 6.92 Å². The molecule has 132 valence electrons. The first-order valence-electron chi connectivity index (χ1n) is 8.55. The molecule has 4 nitrogen and oxygen atoms in total. The third-order valence-corrected chi connectivity index (χ3v) is 4.87. The second-order valence-corrected chi connectivity index (χ2v) is 7.01. The van der Waals surface area contributed by atoms with E-state index in [1.54, 1.807) is 13.0 Å². The number of hydrogen-bond acceptors (Lipinski definition) is 3. The number of rotatable bonds is 4. The van der Waals surface area contributed by atoms with Crippen molar-refractivity contribution in [3.05, 3.63) is 58.1 Å². The largest absolute Gasteiger partial charge is 0.479 e. The molecule has 0 heterocycles. The van der Waals surface area contributed by atoms with E-state index < -0.39 is 6.10 Å². The molecule has 2 aromatic carbocycles. The van der Waals surface area contributed by atoms with Crippen LogP contribution in [0.5, 0.6) is 5.75 Å². The van der Waals surface area contributed by atoms with Crippen LogP contribution in [0.1, 0.15) is 42.5 Å². The van der Waals surface area contributed by atoms with E-state index in [-0.39, 0.29) is 11.9 Å². The van der Waals surface area contributed by atoms with Gasteiger partial charge in [0.25, 0.3) is 5.91 Å². The predicted octanol–water partition coefficient (Wildman–Crippen LogP) is 4.19. The van der Waals surface area contributed by atoms with Gasteiger partial charge in [-0.2, -0.15) is 0 Å². The van der Waals surface area contributed by atoms with Gasteiger partial charge in [0, 0.05) is 5.69 Å². The predicted molar refractivity (Wildman–Crippen MR) is 101 cm³/mol. The minimum absolute atomic E-state index is 0.00381. The molecular weight excluding hydrogens is 336 g/mol. The van der Waals surface area contributed by atoms with Crippen LogP contribution in [0.2, 0.25) is 5.02 Å². The highest BCUT2D eigenvalue weighted by atomic mass is 35.5. The lowest BCUT2D eigenvalue weighted by Crippen LogP contribution is -2.39. The maximum atomic E-state index is 12.6. The van der Waals surface area contributed by atoms with E-state index in [0.717, 1.165) is 36.1 Å². The number of benzene rings is 2. The van der Waals surface area contributed by atoms with Gasteiger partial charge in [-0.15, -0.1) is 0 Å². The average molecular weight is 359 g/mol. The van der Waals surface area contributed by atoms with Crippen molar-refractivity contribution in [1.29, 1.82) is 0 Å². The zero-order valence-electron chi connectivity index (χ0n) is 14.5. The van der Waals surface area contributed by atoms with Crippen LogP contribution in [0.15, 0.2) is 36.4 Å². The number of hydrogen-bond donors (Lipinski definition) is 2. The number of nitrogens with two attached hydrogens (primary N) is 1. The van der Waals surface area contributed by atoms with Crippen molar-refractivity contribution in [2.24, 2.45) is 0 Å². The number of carbonyl (C=O) groups is 1. The summed E-state index contributed by atoms with van der Waals surface area (Å²) in [5.74, 6) is 0.383. The fourth-order valence-corrected chi connectivity index (χ4v) is 3.38. The van der Waals surface area contributed by atoms with Gasteiger partial charge in [-0.3, -0.25) is 4.79 Å². The van der Waals surface area contributed by atoms with Gasteiger partial charge in [0.1, 0.15) is 5.75 Å². The number of aryl methyl sites for hydroxylation is 2. The standard InChI is InChI=1S/C20H23ClN2O2/c1-12-6-9-17(21)19(10-12)25-13(2)20(24)23-18-5-3-4-14-11-15(22)7-8-16(14)18/h6-11,13,18H,3-5,22H2,1-2H3,(H,23,24). The summed E-state index contributed by atoms with van der Waals surface area (Å²) in [5, 5.41) is 3.60. The van der Waals surface area contributed by atoms with Crippen molar-refractivity contribution in [2.45, 2.75) is 45.3 Å². The molecule has 3 N–H and O–H groups in total. The van der Waals surface area contributed by atoms with Crippen molar-refractivity contribution in [1.82, 2.24) is 5.32 Å². The molecule has 0 spiro atoms. The highest BCUT2D eigenvalue weighted by molar-refractivity contribution is 6.32. The Labute approximate surface area is 153 Å². The molecule has 0 saturated carbocycles. The Kier molecular flexibility index (Phi) is 5.19. The van der Waals surface area contributed by atoms with Gasteiger partial charge in [0.05, 0.1) is 11.1 Å². The molecule has 0 fully saturated rings. The monoisotopic (exact) mass is 358 g/mol. The maximum absolute atomic E-state index is 12.6. The molecule has 2 atom stereocenters. The lowest BCUT2D eigenvalue weighted by molar-refractivity contribution is -0.128. The molecule has 25 heavy (non-hydrogen) atoms. The third-order valence-electron chi connectivity index (χ3n) is 4.56. The zero-order chi connectivity index (χ0) is 18.0. The van der Waals surface area contributed by atoms with Crippen LogP contribution in [-0.2, 0) is 11.2 Å². The van der Waals surface area contributed by atoms with Gasteiger partial charge < -0.3 is 15.8 Å². The van der Waals surface area contributed by atoms with Crippen molar-refractivity contribution >= 4 is 23.2 Å². The van der Waals surface area contributed by atoms with Gasteiger partial charge >= 0.3 is 0 Å². The molecule has 5 heteroatoms. The van der Waals surface area contributed by atoms with E-state index in [1.165, 1.54) is 5.56 Å². The molecule has 0 bridgehead atoms. The van der Waals surface area contributed by atoms with Gasteiger partial charge in [-0.1, -0.05) is 23.7 Å². The first-order chi connectivity index (χ1) is 11.9. The Bertz CT molecular complexity index is 791. The second-order valence-electron chi connectivity index (χ2n) is 6.61. The Morgan fingerprint density at radius 3 is 2.92 bits per heavy atom. The lowest BCUT2D eigenvalue weighted by atomic mass is 9.87. The minimum Gasteiger partial charge on any atom is -0.479 e. The van der Waals surface area contributed by atoms with Crippen molar-refractivity contribution in [2.75, 3.05) is 5.73 Å². The number of halogens is 1. The van der Waals surface area contributed by atoms with Gasteiger partial charge in [0.15, 0.2) is 6.10 Å². The minimum atomic E-state index is -0.626. The Morgan fingerprint density at radius 1 is 1.32 bits per heavy atom. The number of nitrogens with one attached hydrogen (secondary N) is 1. The van der Waals surface area contributed by atoms with Crippen LogP contribution >= 0.6 is 11.6 Å². The number of carbonyl (C=O) groups excluding carboxylic acids is 1. The molecule has 1 aliphatic rings. The Balaban J connectivity index is 1.69. The summed E-state index contributed by atoms with van der Waals surface area (Å²) in [7, 11) is 0. The number of fused-ring (bicyclic) bond motifs is 1. The SMILES string of the molecule is Cc1ccc(Cl)c(OC(C)C(=O)NC2CCCc3cc(N)ccc32)c1. The highest BCUT2D eigenvalue weighted by Crippen LogP contribution is 2.31. The van der Waals surface area contributed by atoms with E-state index in [2.05, 4.69) is 5.32 Å². The van der Waals surface area contributed by atoms with Gasteiger partial charge in [-0.25, -0.2) is 0 Å². The van der Waals surface area contributed by atoms with Crippen LogP contribution < -0.4 is 15.8 Å². The van der Waals surface area contributed by atoms with Crippen molar-refractivity contribution in [3.63, 3.8) is 0 Å². The number of nitrogen functional groups attached to an aromatic ring is 1. The topological polar surface area (TPSA) is 64.3 Å². The fourth-order valence-electron chi connectivity index (χ4n) is 3.22. The summed E-state index contributed by atoms with van der Waals surface area (Å²) in [4.78, 5) is 12.6. The molecular formula is C20H23ClN2O2. The summed E-state index contributed by atoms with van der Waals surface area (Å²) in [6.45, 7) is 3.69. The molecule has 0 aromatic heterocycles. The number of anilines is 1. The van der Waals surface area contributed by atoms with Crippen LogP contribution in [-0.4, -0.2) is 12.0 Å². The van der Waals surface area contributed by atoms with Crippen LogP contribution in [0.25, 0.3) is 0 Å². The van der Waals surface area contributed by atoms with Gasteiger partial charge in [0.2, 0.25) is 0 Å². The van der Waals surface area contributed by atoms with E-state index in [4.69, 9.17) is 22.1 Å². The summed E-state index contributed by atoms with van der Waals surface area (Å²) >= 11 is 6.15. The van der Waals surface area contributed by atoms with Gasteiger partial charge in [-0.05, 0) is 74.1 Å². The van der Waals surface area contributed by atoms with E-state index in [9.17, 15) is 4.79 Å². The summed E-state index contributed by atoms with van der Waals surface area (Å²) < 4.78 is 5.77. The highest BCUT2D eigenvalue weighted by Gasteiger charge is 2.25. The molecule has 1 aliphatic carbocycles. The van der Waals surface area contributed by atoms with Crippen molar-refractivity contribution in [3.8, 4) is 5.75 Å². The molecule has 0 aliphatic heterocycles. The maximum Gasteiger partial charge on any atom is 0.261 e. The Hall–Kier alpha value is -2.20. The van der Waals surface area contributed by atoms with Crippen LogP contribution in [0.3, 0.4) is 0 Å². The normalized spacial score (nSPS) is 17.5. The molecule has 0 saturated heterocycles. The quantitative estimate of drug-likeness (QED) is 0.805. The first kappa shape index (κ1) is 17.6. The second kappa shape index (κ2) is 7.36. The van der Waals surface area contributed by atoms with E-state index in [0.29, 0.717) is 10.8 Å². The lowest BCUT2D eigenvalue weighted by Gasteiger charge is -2.28. The summed E-state index contributed by atoms with van der Waals surface area (Å²) in [5.41, 5.74) is 10.0. The smallest absolute Gasteiger partial charge is 0.261 e. The van der Waals surface area contributed by atoms with Crippen LogP contribution in [0.4, 0.5) is 5.69 Å². The molecule has 2 aromatic rings. The summed E-state index contributed by atoms with van der Waals surface area (Å²) in [6.07, 6.45) is 2.32. The zero-order valence-corrected chi connectivity index (χ0v) is 15.3. The summed E-state index contributed by atoms with van der Waals surface area (Å²) in [6, 6.07) is 11.4. The molecule has 2 unspecified atom stereocenters. The molecule has 0 radical (unpaired) electrons.